The molecule has 1 aromatic heterocycles. The Morgan fingerprint density at radius 3 is 2.84 bits per heavy atom. The molecule has 0 bridgehead atoms. The maximum atomic E-state index is 4.44. The summed E-state index contributed by atoms with van der Waals surface area (Å²) in [5.74, 6) is 0.808. The predicted molar refractivity (Wildman–Crippen MR) is 76.2 cm³/mol. The van der Waals surface area contributed by atoms with Gasteiger partial charge in [-0.3, -0.25) is 0 Å². The molecule has 1 saturated heterocycles. The van der Waals surface area contributed by atoms with Crippen molar-refractivity contribution in [3.8, 4) is 5.69 Å². The van der Waals surface area contributed by atoms with Crippen LogP contribution in [0.3, 0.4) is 0 Å². The summed E-state index contributed by atoms with van der Waals surface area (Å²) in [6, 6.07) is 8.38. The van der Waals surface area contributed by atoms with Crippen LogP contribution in [0.4, 0.5) is 0 Å². The van der Waals surface area contributed by atoms with Crippen LogP contribution in [-0.2, 0) is 6.42 Å². The second-order valence-corrected chi connectivity index (χ2v) is 5.74. The summed E-state index contributed by atoms with van der Waals surface area (Å²) in [5, 5.41) is 16.2. The smallest absolute Gasteiger partial charge is 0.176 e. The monoisotopic (exact) mass is 321 g/mol. The van der Waals surface area contributed by atoms with Crippen molar-refractivity contribution in [1.82, 2.24) is 25.5 Å². The lowest BCUT2D eigenvalue weighted by Gasteiger charge is -2.21. The third kappa shape index (κ3) is 3.19. The number of aromatic nitrogens is 4. The molecule has 0 spiro atoms. The van der Waals surface area contributed by atoms with Crippen LogP contribution in [0.1, 0.15) is 25.1 Å². The molecule has 1 fully saturated rings. The fraction of sp³-hybridized carbons (Fsp3) is 0.462. The molecule has 1 aromatic carbocycles. The van der Waals surface area contributed by atoms with E-state index in [0.717, 1.165) is 29.0 Å². The largest absolute Gasteiger partial charge is 0.314 e. The standard InChI is InChI=1S/C13H16BrN5/c14-10-4-6-12(7-5-10)19-17-13(16-18-19)9-11-3-1-2-8-15-11/h4-7,11,15H,1-3,8-9H2. The van der Waals surface area contributed by atoms with Gasteiger partial charge in [-0.15, -0.1) is 15.0 Å². The van der Waals surface area contributed by atoms with Crippen molar-refractivity contribution >= 4 is 15.9 Å². The van der Waals surface area contributed by atoms with Crippen LogP contribution in [-0.4, -0.2) is 32.8 Å². The van der Waals surface area contributed by atoms with Crippen LogP contribution >= 0.6 is 15.9 Å². The second kappa shape index (κ2) is 5.79. The molecule has 0 amide bonds. The first kappa shape index (κ1) is 12.7. The lowest BCUT2D eigenvalue weighted by Crippen LogP contribution is -2.35. The van der Waals surface area contributed by atoms with E-state index in [2.05, 4.69) is 36.7 Å². The number of hydrogen-bond donors (Lipinski definition) is 1. The number of rotatable bonds is 3. The van der Waals surface area contributed by atoms with Crippen LogP contribution < -0.4 is 5.32 Å². The molecule has 2 heterocycles. The van der Waals surface area contributed by atoms with E-state index < -0.39 is 0 Å². The first-order valence-corrected chi connectivity index (χ1v) is 7.39. The zero-order valence-electron chi connectivity index (χ0n) is 10.6. The van der Waals surface area contributed by atoms with Crippen molar-refractivity contribution in [2.24, 2.45) is 0 Å². The molecule has 0 saturated carbocycles. The van der Waals surface area contributed by atoms with Gasteiger partial charge in [-0.25, -0.2) is 0 Å². The Kier molecular flexibility index (Phi) is 3.89. The number of benzene rings is 1. The van der Waals surface area contributed by atoms with Crippen molar-refractivity contribution in [3.05, 3.63) is 34.6 Å². The zero-order valence-corrected chi connectivity index (χ0v) is 12.2. The Hall–Kier alpha value is -1.27. The molecule has 3 rings (SSSR count). The quantitative estimate of drug-likeness (QED) is 0.940. The van der Waals surface area contributed by atoms with Gasteiger partial charge in [-0.1, -0.05) is 22.4 Å². The van der Waals surface area contributed by atoms with Crippen molar-refractivity contribution in [3.63, 3.8) is 0 Å². The predicted octanol–water partition coefficient (Wildman–Crippen LogP) is 2.11. The Bertz CT molecular complexity index is 530. The van der Waals surface area contributed by atoms with E-state index in [4.69, 9.17) is 0 Å². The minimum atomic E-state index is 0.497. The summed E-state index contributed by atoms with van der Waals surface area (Å²) < 4.78 is 1.04. The summed E-state index contributed by atoms with van der Waals surface area (Å²) in [6.07, 6.45) is 4.62. The van der Waals surface area contributed by atoms with Crippen molar-refractivity contribution < 1.29 is 0 Å². The van der Waals surface area contributed by atoms with Crippen LogP contribution in [0.5, 0.6) is 0 Å². The lowest BCUT2D eigenvalue weighted by molar-refractivity contribution is 0.394. The third-order valence-corrected chi connectivity index (χ3v) is 3.88. The maximum Gasteiger partial charge on any atom is 0.176 e. The molecular weight excluding hydrogens is 306 g/mol. The molecule has 5 nitrogen and oxygen atoms in total. The summed E-state index contributed by atoms with van der Waals surface area (Å²) in [6.45, 7) is 1.10. The van der Waals surface area contributed by atoms with Gasteiger partial charge in [-0.05, 0) is 48.9 Å². The molecule has 100 valence electrons. The molecular formula is C13H16BrN5. The van der Waals surface area contributed by atoms with E-state index in [-0.39, 0.29) is 0 Å². The highest BCUT2D eigenvalue weighted by molar-refractivity contribution is 9.10. The second-order valence-electron chi connectivity index (χ2n) is 4.82. The Morgan fingerprint density at radius 2 is 2.11 bits per heavy atom. The third-order valence-electron chi connectivity index (χ3n) is 3.35. The van der Waals surface area contributed by atoms with Crippen molar-refractivity contribution in [2.75, 3.05) is 6.54 Å². The molecule has 1 N–H and O–H groups in total. The molecule has 0 radical (unpaired) electrons. The minimum Gasteiger partial charge on any atom is -0.314 e. The Morgan fingerprint density at radius 1 is 1.26 bits per heavy atom. The molecule has 1 aliphatic rings. The normalized spacial score (nSPS) is 19.5. The molecule has 19 heavy (non-hydrogen) atoms. The van der Waals surface area contributed by atoms with Gasteiger partial charge in [0.2, 0.25) is 0 Å². The molecule has 6 heteroatoms. The Balaban J connectivity index is 1.70. The zero-order chi connectivity index (χ0) is 13.1. The van der Waals surface area contributed by atoms with Gasteiger partial charge >= 0.3 is 0 Å². The number of hydrogen-bond acceptors (Lipinski definition) is 4. The van der Waals surface area contributed by atoms with Crippen LogP contribution in [0.2, 0.25) is 0 Å². The van der Waals surface area contributed by atoms with Crippen LogP contribution in [0, 0.1) is 0 Å². The highest BCUT2D eigenvalue weighted by Crippen LogP contribution is 2.13. The van der Waals surface area contributed by atoms with E-state index >= 15 is 0 Å². The number of nitrogens with one attached hydrogen (secondary N) is 1. The Labute approximate surface area is 120 Å². The summed E-state index contributed by atoms with van der Waals surface area (Å²) in [4.78, 5) is 1.59. The number of tetrazole rings is 1. The van der Waals surface area contributed by atoms with Crippen LogP contribution in [0.15, 0.2) is 28.7 Å². The lowest BCUT2D eigenvalue weighted by atomic mass is 10.0. The van der Waals surface area contributed by atoms with Gasteiger partial charge in [0.25, 0.3) is 0 Å². The van der Waals surface area contributed by atoms with Gasteiger partial charge < -0.3 is 5.32 Å². The fourth-order valence-electron chi connectivity index (χ4n) is 2.33. The van der Waals surface area contributed by atoms with Gasteiger partial charge in [0.05, 0.1) is 5.69 Å². The molecule has 2 aromatic rings. The van der Waals surface area contributed by atoms with Gasteiger partial charge in [-0.2, -0.15) is 0 Å². The van der Waals surface area contributed by atoms with Crippen LogP contribution in [0.25, 0.3) is 5.69 Å². The first-order valence-electron chi connectivity index (χ1n) is 6.59. The average Bonchev–Trinajstić information content (AvgIpc) is 2.89. The van der Waals surface area contributed by atoms with E-state index in [1.54, 1.807) is 4.80 Å². The van der Waals surface area contributed by atoms with E-state index in [0.29, 0.717) is 6.04 Å². The number of piperidine rings is 1. The minimum absolute atomic E-state index is 0.497. The van der Waals surface area contributed by atoms with Gasteiger partial charge in [0, 0.05) is 16.9 Å². The van der Waals surface area contributed by atoms with Gasteiger partial charge in [0.15, 0.2) is 5.82 Å². The fourth-order valence-corrected chi connectivity index (χ4v) is 2.59. The molecule has 1 unspecified atom stereocenters. The number of nitrogens with zero attached hydrogens (tertiary/aromatic N) is 4. The van der Waals surface area contributed by atoms with E-state index in [9.17, 15) is 0 Å². The molecule has 0 aliphatic carbocycles. The van der Waals surface area contributed by atoms with E-state index in [1.807, 2.05) is 24.3 Å². The molecule has 1 aliphatic heterocycles. The number of halogens is 1. The highest BCUT2D eigenvalue weighted by atomic mass is 79.9. The van der Waals surface area contributed by atoms with Crippen molar-refractivity contribution in [2.45, 2.75) is 31.7 Å². The summed E-state index contributed by atoms with van der Waals surface area (Å²) >= 11 is 3.41. The molecule has 1 atom stereocenters. The topological polar surface area (TPSA) is 55.6 Å². The average molecular weight is 322 g/mol. The summed E-state index contributed by atoms with van der Waals surface area (Å²) in [5.41, 5.74) is 0.929. The van der Waals surface area contributed by atoms with Crippen molar-refractivity contribution in [1.29, 1.82) is 0 Å². The highest BCUT2D eigenvalue weighted by Gasteiger charge is 2.16. The maximum absolute atomic E-state index is 4.44. The first-order chi connectivity index (χ1) is 9.31. The van der Waals surface area contributed by atoms with Gasteiger partial charge in [0.1, 0.15) is 0 Å². The SMILES string of the molecule is Brc1ccc(-n2nnc(CC3CCCCN3)n2)cc1. The summed E-state index contributed by atoms with van der Waals surface area (Å²) in [7, 11) is 0. The van der Waals surface area contributed by atoms with E-state index in [1.165, 1.54) is 19.3 Å².